The molecule has 2 nitrogen and oxygen atoms in total. The van der Waals surface area contributed by atoms with Crippen LogP contribution in [-0.4, -0.2) is 13.2 Å². The minimum Gasteiger partial charge on any atom is -0.497 e. The third kappa shape index (κ3) is 4.10. The summed E-state index contributed by atoms with van der Waals surface area (Å²) in [7, 11) is 1.70. The zero-order chi connectivity index (χ0) is 14.4. The first-order chi connectivity index (χ1) is 9.69. The number of nitrogens with one attached hydrogen (secondary N) is 1. The fourth-order valence-electron chi connectivity index (χ4n) is 2.44. The van der Waals surface area contributed by atoms with E-state index in [4.69, 9.17) is 4.74 Å². The van der Waals surface area contributed by atoms with E-state index in [1.165, 1.54) is 11.1 Å². The smallest absolute Gasteiger partial charge is 0.118 e. The van der Waals surface area contributed by atoms with Gasteiger partial charge in [-0.3, -0.25) is 0 Å². The van der Waals surface area contributed by atoms with Gasteiger partial charge in [0.2, 0.25) is 0 Å². The molecule has 0 bridgehead atoms. The quantitative estimate of drug-likeness (QED) is 0.856. The van der Waals surface area contributed by atoms with E-state index >= 15 is 0 Å². The fourth-order valence-corrected chi connectivity index (χ4v) is 2.44. The number of ether oxygens (including phenoxy) is 1. The Morgan fingerprint density at radius 3 is 2.20 bits per heavy atom. The van der Waals surface area contributed by atoms with Crippen LogP contribution in [0.4, 0.5) is 0 Å². The van der Waals surface area contributed by atoms with Crippen molar-refractivity contribution in [2.45, 2.75) is 32.4 Å². The molecule has 0 spiro atoms. The van der Waals surface area contributed by atoms with E-state index in [1.54, 1.807) is 7.11 Å². The summed E-state index contributed by atoms with van der Waals surface area (Å²) in [5.41, 5.74) is 2.65. The molecule has 1 N–H and O–H groups in total. The number of methoxy groups -OCH3 is 1. The second-order valence-corrected chi connectivity index (χ2v) is 5.25. The topological polar surface area (TPSA) is 21.3 Å². The maximum atomic E-state index is 5.18. The molecule has 0 radical (unpaired) electrons. The number of rotatable bonds is 6. The van der Waals surface area contributed by atoms with Crippen LogP contribution in [0.25, 0.3) is 0 Å². The third-order valence-electron chi connectivity index (χ3n) is 3.54. The lowest BCUT2D eigenvalue weighted by Gasteiger charge is -2.20. The molecule has 0 fully saturated rings. The highest BCUT2D eigenvalue weighted by Gasteiger charge is 2.09. The second-order valence-electron chi connectivity index (χ2n) is 5.25. The average molecular weight is 269 g/mol. The molecule has 0 saturated heterocycles. The molecule has 2 aromatic rings. The van der Waals surface area contributed by atoms with Gasteiger partial charge in [0.25, 0.3) is 0 Å². The Morgan fingerprint density at radius 2 is 1.60 bits per heavy atom. The highest BCUT2D eigenvalue weighted by molar-refractivity contribution is 5.27. The van der Waals surface area contributed by atoms with Gasteiger partial charge in [0, 0.05) is 12.1 Å². The molecule has 0 saturated carbocycles. The lowest BCUT2D eigenvalue weighted by Crippen LogP contribution is -2.30. The Bertz CT molecular complexity index is 507. The summed E-state index contributed by atoms with van der Waals surface area (Å²) >= 11 is 0. The van der Waals surface area contributed by atoms with Crippen molar-refractivity contribution in [3.8, 4) is 5.75 Å². The molecule has 106 valence electrons. The molecule has 0 aliphatic heterocycles. The van der Waals surface area contributed by atoms with Gasteiger partial charge in [-0.05, 0) is 43.5 Å². The van der Waals surface area contributed by atoms with Gasteiger partial charge < -0.3 is 10.1 Å². The zero-order valence-electron chi connectivity index (χ0n) is 12.5. The SMILES string of the molecule is COc1ccc(CC(C)NC(C)c2ccccc2)cc1. The highest BCUT2D eigenvalue weighted by atomic mass is 16.5. The van der Waals surface area contributed by atoms with Gasteiger partial charge in [-0.15, -0.1) is 0 Å². The molecule has 0 heterocycles. The molecule has 2 unspecified atom stereocenters. The zero-order valence-corrected chi connectivity index (χ0v) is 12.5. The van der Waals surface area contributed by atoms with E-state index in [0.29, 0.717) is 12.1 Å². The molecule has 0 aliphatic carbocycles. The van der Waals surface area contributed by atoms with Crippen molar-refractivity contribution >= 4 is 0 Å². The lowest BCUT2D eigenvalue weighted by molar-refractivity contribution is 0.414. The number of hydrogen-bond donors (Lipinski definition) is 1. The standard InChI is InChI=1S/C18H23NO/c1-14(13-16-9-11-18(20-3)12-10-16)19-15(2)17-7-5-4-6-8-17/h4-12,14-15,19H,13H2,1-3H3. The number of benzene rings is 2. The normalized spacial score (nSPS) is 13.8. The predicted molar refractivity (Wildman–Crippen MR) is 84.2 cm³/mol. The van der Waals surface area contributed by atoms with Gasteiger partial charge in [-0.2, -0.15) is 0 Å². The van der Waals surface area contributed by atoms with Gasteiger partial charge in [0.15, 0.2) is 0 Å². The van der Waals surface area contributed by atoms with Crippen molar-refractivity contribution in [3.63, 3.8) is 0 Å². The van der Waals surface area contributed by atoms with Crippen molar-refractivity contribution in [2.75, 3.05) is 7.11 Å². The van der Waals surface area contributed by atoms with Crippen LogP contribution in [0.5, 0.6) is 5.75 Å². The predicted octanol–water partition coefficient (Wildman–Crippen LogP) is 3.98. The maximum absolute atomic E-state index is 5.18. The maximum Gasteiger partial charge on any atom is 0.118 e. The number of hydrogen-bond acceptors (Lipinski definition) is 2. The minimum absolute atomic E-state index is 0.365. The average Bonchev–Trinajstić information content (AvgIpc) is 2.49. The van der Waals surface area contributed by atoms with Crippen molar-refractivity contribution in [1.82, 2.24) is 5.32 Å². The summed E-state index contributed by atoms with van der Waals surface area (Å²) < 4.78 is 5.18. The van der Waals surface area contributed by atoms with Gasteiger partial charge in [0.1, 0.15) is 5.75 Å². The fraction of sp³-hybridized carbons (Fsp3) is 0.333. The van der Waals surface area contributed by atoms with Crippen molar-refractivity contribution in [1.29, 1.82) is 0 Å². The largest absolute Gasteiger partial charge is 0.497 e. The van der Waals surface area contributed by atoms with Crippen LogP contribution < -0.4 is 10.1 Å². The Hall–Kier alpha value is -1.80. The monoisotopic (exact) mass is 269 g/mol. The molecular formula is C18H23NO. The van der Waals surface area contributed by atoms with Crippen LogP contribution >= 0.6 is 0 Å². The van der Waals surface area contributed by atoms with E-state index in [-0.39, 0.29) is 0 Å². The summed E-state index contributed by atoms with van der Waals surface area (Å²) in [4.78, 5) is 0. The van der Waals surface area contributed by atoms with Gasteiger partial charge in [-0.1, -0.05) is 42.5 Å². The van der Waals surface area contributed by atoms with Gasteiger partial charge in [0.05, 0.1) is 7.11 Å². The first-order valence-corrected chi connectivity index (χ1v) is 7.13. The Balaban J connectivity index is 1.90. The molecule has 2 aromatic carbocycles. The summed E-state index contributed by atoms with van der Waals surface area (Å²) in [6.45, 7) is 4.43. The molecule has 20 heavy (non-hydrogen) atoms. The molecule has 2 atom stereocenters. The van der Waals surface area contributed by atoms with Crippen molar-refractivity contribution in [2.24, 2.45) is 0 Å². The van der Waals surface area contributed by atoms with Crippen molar-refractivity contribution in [3.05, 3.63) is 65.7 Å². The highest BCUT2D eigenvalue weighted by Crippen LogP contribution is 2.15. The third-order valence-corrected chi connectivity index (χ3v) is 3.54. The summed E-state index contributed by atoms with van der Waals surface area (Å²) in [6.07, 6.45) is 1.02. The Morgan fingerprint density at radius 1 is 0.950 bits per heavy atom. The van der Waals surface area contributed by atoms with Crippen LogP contribution in [0.1, 0.15) is 31.0 Å². The van der Waals surface area contributed by atoms with Gasteiger partial charge >= 0.3 is 0 Å². The van der Waals surface area contributed by atoms with Crippen LogP contribution in [-0.2, 0) is 6.42 Å². The van der Waals surface area contributed by atoms with Crippen LogP contribution in [0.2, 0.25) is 0 Å². The molecule has 0 aliphatic rings. The lowest BCUT2D eigenvalue weighted by atomic mass is 10.0. The second kappa shape index (κ2) is 7.11. The van der Waals surface area contributed by atoms with Crippen LogP contribution in [0.15, 0.2) is 54.6 Å². The Labute approximate surface area is 121 Å². The van der Waals surface area contributed by atoms with Crippen molar-refractivity contribution < 1.29 is 4.74 Å². The summed E-state index contributed by atoms with van der Waals surface area (Å²) in [5, 5.41) is 3.64. The van der Waals surface area contributed by atoms with E-state index in [1.807, 2.05) is 12.1 Å². The summed E-state index contributed by atoms with van der Waals surface area (Å²) in [6, 6.07) is 19.6. The van der Waals surface area contributed by atoms with Gasteiger partial charge in [-0.25, -0.2) is 0 Å². The Kier molecular flexibility index (Phi) is 5.19. The molecular weight excluding hydrogens is 246 g/mol. The van der Waals surface area contributed by atoms with E-state index < -0.39 is 0 Å². The van der Waals surface area contributed by atoms with E-state index in [2.05, 4.69) is 61.6 Å². The molecule has 0 aromatic heterocycles. The first kappa shape index (κ1) is 14.6. The summed E-state index contributed by atoms with van der Waals surface area (Å²) in [5.74, 6) is 0.909. The van der Waals surface area contributed by atoms with E-state index in [9.17, 15) is 0 Å². The molecule has 0 amide bonds. The van der Waals surface area contributed by atoms with E-state index in [0.717, 1.165) is 12.2 Å². The molecule has 2 rings (SSSR count). The first-order valence-electron chi connectivity index (χ1n) is 7.13. The van der Waals surface area contributed by atoms with Crippen LogP contribution in [0.3, 0.4) is 0 Å². The minimum atomic E-state index is 0.365. The van der Waals surface area contributed by atoms with Crippen LogP contribution in [0, 0.1) is 0 Å². The molecule has 2 heteroatoms.